The number of hydrogen-bond acceptors (Lipinski definition) is 4. The summed E-state index contributed by atoms with van der Waals surface area (Å²) in [6, 6.07) is -0.138. The lowest BCUT2D eigenvalue weighted by Crippen LogP contribution is -2.41. The van der Waals surface area contributed by atoms with Crippen LogP contribution in [0.3, 0.4) is 0 Å². The van der Waals surface area contributed by atoms with Gasteiger partial charge in [-0.1, -0.05) is 0 Å². The van der Waals surface area contributed by atoms with Gasteiger partial charge in [-0.25, -0.2) is 4.98 Å². The lowest BCUT2D eigenvalue weighted by atomic mass is 10.2. The van der Waals surface area contributed by atoms with Gasteiger partial charge in [-0.2, -0.15) is 0 Å². The molecular formula is C9H14BrN3OS. The molecule has 0 aromatic carbocycles. The second-order valence-corrected chi connectivity index (χ2v) is 5.67. The van der Waals surface area contributed by atoms with Crippen LogP contribution in [0.5, 0.6) is 0 Å². The Morgan fingerprint density at radius 3 is 2.73 bits per heavy atom. The van der Waals surface area contributed by atoms with Crippen molar-refractivity contribution in [3.63, 3.8) is 0 Å². The second kappa shape index (κ2) is 5.58. The highest BCUT2D eigenvalue weighted by Crippen LogP contribution is 2.24. The zero-order valence-corrected chi connectivity index (χ0v) is 11.3. The summed E-state index contributed by atoms with van der Waals surface area (Å²) in [5.74, 6) is -0.0162. The molecule has 4 nitrogen and oxygen atoms in total. The summed E-state index contributed by atoms with van der Waals surface area (Å²) in [6.45, 7) is 3.82. The van der Waals surface area contributed by atoms with E-state index in [0.29, 0.717) is 0 Å². The summed E-state index contributed by atoms with van der Waals surface area (Å²) in [5.41, 5.74) is 0. The Bertz CT molecular complexity index is 342. The molecule has 0 saturated heterocycles. The Morgan fingerprint density at radius 1 is 1.60 bits per heavy atom. The molecule has 1 rings (SSSR count). The van der Waals surface area contributed by atoms with Gasteiger partial charge in [0.25, 0.3) is 0 Å². The van der Waals surface area contributed by atoms with Gasteiger partial charge < -0.3 is 5.32 Å². The van der Waals surface area contributed by atoms with Gasteiger partial charge in [0.2, 0.25) is 5.91 Å². The van der Waals surface area contributed by atoms with E-state index in [1.165, 1.54) is 0 Å². The van der Waals surface area contributed by atoms with Crippen molar-refractivity contribution in [3.05, 3.63) is 15.0 Å². The number of nitrogens with one attached hydrogen (secondary N) is 2. The number of aromatic nitrogens is 1. The van der Waals surface area contributed by atoms with Crippen LogP contribution >= 0.6 is 27.3 Å². The number of likely N-dealkylation sites (N-methyl/N-ethyl adjacent to an activating group) is 1. The summed E-state index contributed by atoms with van der Waals surface area (Å²) >= 11 is 4.93. The first-order chi connectivity index (χ1) is 7.04. The van der Waals surface area contributed by atoms with Gasteiger partial charge >= 0.3 is 0 Å². The van der Waals surface area contributed by atoms with Crippen molar-refractivity contribution in [1.29, 1.82) is 0 Å². The Hall–Kier alpha value is -0.460. The minimum Gasteiger partial charge on any atom is -0.358 e. The topological polar surface area (TPSA) is 54.0 Å². The predicted molar refractivity (Wildman–Crippen MR) is 64.9 cm³/mol. The number of carbonyl (C=O) groups excluding carboxylic acids is 1. The largest absolute Gasteiger partial charge is 0.358 e. The average molecular weight is 292 g/mol. The van der Waals surface area contributed by atoms with Gasteiger partial charge in [0.1, 0.15) is 5.01 Å². The molecule has 0 spiro atoms. The third-order valence-electron chi connectivity index (χ3n) is 2.01. The molecule has 1 amide bonds. The molecule has 0 bridgehead atoms. The van der Waals surface area contributed by atoms with E-state index in [4.69, 9.17) is 0 Å². The maximum atomic E-state index is 11.3. The average Bonchev–Trinajstić information content (AvgIpc) is 2.63. The van der Waals surface area contributed by atoms with Crippen LogP contribution in [0, 0.1) is 0 Å². The Kier molecular flexibility index (Phi) is 4.69. The Labute approximate surface area is 102 Å². The van der Waals surface area contributed by atoms with Crippen molar-refractivity contribution in [1.82, 2.24) is 15.6 Å². The van der Waals surface area contributed by atoms with Crippen molar-refractivity contribution < 1.29 is 4.79 Å². The van der Waals surface area contributed by atoms with Gasteiger partial charge in [-0.3, -0.25) is 10.1 Å². The first kappa shape index (κ1) is 12.6. The Balaban J connectivity index is 2.55. The quantitative estimate of drug-likeness (QED) is 0.888. The SMILES string of the molecule is CNC(=O)[C@@H](C)NC(C)c1ncc(Br)s1. The molecule has 2 N–H and O–H groups in total. The highest BCUT2D eigenvalue weighted by atomic mass is 79.9. The summed E-state index contributed by atoms with van der Waals surface area (Å²) in [4.78, 5) is 15.5. The van der Waals surface area contributed by atoms with E-state index < -0.39 is 0 Å². The van der Waals surface area contributed by atoms with Gasteiger partial charge in [0.15, 0.2) is 0 Å². The third-order valence-corrected chi connectivity index (χ3v) is 3.66. The summed E-state index contributed by atoms with van der Waals surface area (Å²) in [7, 11) is 1.63. The summed E-state index contributed by atoms with van der Waals surface area (Å²) in [6.07, 6.45) is 1.77. The summed E-state index contributed by atoms with van der Waals surface area (Å²) < 4.78 is 0.999. The van der Waals surface area contributed by atoms with E-state index in [9.17, 15) is 4.79 Å². The zero-order chi connectivity index (χ0) is 11.4. The van der Waals surface area contributed by atoms with Crippen LogP contribution in [0.1, 0.15) is 24.9 Å². The second-order valence-electron chi connectivity index (χ2n) is 3.23. The number of amides is 1. The van der Waals surface area contributed by atoms with E-state index in [-0.39, 0.29) is 18.0 Å². The highest BCUT2D eigenvalue weighted by Gasteiger charge is 2.16. The van der Waals surface area contributed by atoms with E-state index in [1.807, 2.05) is 13.8 Å². The van der Waals surface area contributed by atoms with Crippen LogP contribution in [-0.2, 0) is 4.79 Å². The van der Waals surface area contributed by atoms with Crippen molar-refractivity contribution in [2.45, 2.75) is 25.9 Å². The number of carbonyl (C=O) groups is 1. The standard InChI is InChI=1S/C9H14BrN3OS/c1-5(8(14)11-3)13-6(2)9-12-4-7(10)15-9/h4-6,13H,1-3H3,(H,11,14)/t5-,6?/m1/s1. The molecule has 1 aromatic rings. The molecule has 15 heavy (non-hydrogen) atoms. The molecular weight excluding hydrogens is 278 g/mol. The summed E-state index contributed by atoms with van der Waals surface area (Å²) in [5, 5.41) is 6.74. The minimum atomic E-state index is -0.215. The number of rotatable bonds is 4. The van der Waals surface area contributed by atoms with Crippen LogP contribution in [-0.4, -0.2) is 24.0 Å². The van der Waals surface area contributed by atoms with Crippen molar-refractivity contribution in [3.8, 4) is 0 Å². The zero-order valence-electron chi connectivity index (χ0n) is 8.87. The van der Waals surface area contributed by atoms with Gasteiger partial charge in [-0.15, -0.1) is 11.3 Å². The third kappa shape index (κ3) is 3.55. The molecule has 1 aromatic heterocycles. The van der Waals surface area contributed by atoms with Crippen LogP contribution < -0.4 is 10.6 Å². The van der Waals surface area contributed by atoms with Crippen LogP contribution in [0.2, 0.25) is 0 Å². The van der Waals surface area contributed by atoms with Gasteiger partial charge in [0.05, 0.1) is 22.1 Å². The smallest absolute Gasteiger partial charge is 0.236 e. The van der Waals surface area contributed by atoms with Crippen LogP contribution in [0.4, 0.5) is 0 Å². The first-order valence-electron chi connectivity index (χ1n) is 4.63. The highest BCUT2D eigenvalue weighted by molar-refractivity contribution is 9.11. The maximum absolute atomic E-state index is 11.3. The molecule has 1 heterocycles. The lowest BCUT2D eigenvalue weighted by Gasteiger charge is -2.16. The van der Waals surface area contributed by atoms with Crippen molar-refractivity contribution >= 4 is 33.2 Å². The van der Waals surface area contributed by atoms with Crippen molar-refractivity contribution in [2.75, 3.05) is 7.05 Å². The van der Waals surface area contributed by atoms with Gasteiger partial charge in [0, 0.05) is 7.05 Å². The van der Waals surface area contributed by atoms with E-state index in [0.717, 1.165) is 8.79 Å². The molecule has 0 saturated carbocycles. The van der Waals surface area contributed by atoms with E-state index in [2.05, 4.69) is 31.5 Å². The molecule has 0 fully saturated rings. The Morgan fingerprint density at radius 2 is 2.27 bits per heavy atom. The lowest BCUT2D eigenvalue weighted by molar-refractivity contribution is -0.122. The van der Waals surface area contributed by atoms with Crippen molar-refractivity contribution in [2.24, 2.45) is 0 Å². The van der Waals surface area contributed by atoms with Crippen LogP contribution in [0.15, 0.2) is 9.98 Å². The fourth-order valence-electron chi connectivity index (χ4n) is 1.21. The first-order valence-corrected chi connectivity index (χ1v) is 6.24. The maximum Gasteiger partial charge on any atom is 0.236 e. The molecule has 6 heteroatoms. The molecule has 2 atom stereocenters. The van der Waals surface area contributed by atoms with E-state index in [1.54, 1.807) is 24.6 Å². The fourth-order valence-corrected chi connectivity index (χ4v) is 2.46. The normalized spacial score (nSPS) is 14.7. The molecule has 1 unspecified atom stereocenters. The molecule has 0 radical (unpaired) electrons. The predicted octanol–water partition coefficient (Wildman–Crippen LogP) is 1.69. The number of nitrogens with zero attached hydrogens (tertiary/aromatic N) is 1. The number of halogens is 1. The fraction of sp³-hybridized carbons (Fsp3) is 0.556. The molecule has 84 valence electrons. The van der Waals surface area contributed by atoms with Gasteiger partial charge in [-0.05, 0) is 29.8 Å². The minimum absolute atomic E-state index is 0.0162. The number of thiazole rings is 1. The van der Waals surface area contributed by atoms with Crippen LogP contribution in [0.25, 0.3) is 0 Å². The monoisotopic (exact) mass is 291 g/mol. The molecule has 0 aliphatic carbocycles. The molecule has 0 aliphatic heterocycles. The van der Waals surface area contributed by atoms with E-state index >= 15 is 0 Å². The number of hydrogen-bond donors (Lipinski definition) is 2. The molecule has 0 aliphatic rings.